The van der Waals surface area contributed by atoms with Gasteiger partial charge in [-0.15, -0.1) is 0 Å². The van der Waals surface area contributed by atoms with Gasteiger partial charge in [0.2, 0.25) is 0 Å². The zero-order chi connectivity index (χ0) is 17.9. The summed E-state index contributed by atoms with van der Waals surface area (Å²) in [7, 11) is 2.16. The van der Waals surface area contributed by atoms with Crippen molar-refractivity contribution < 1.29 is 4.74 Å². The normalized spacial score (nSPS) is 26.5. The molecule has 1 aromatic carbocycles. The van der Waals surface area contributed by atoms with E-state index in [4.69, 9.17) is 9.72 Å². The first kappa shape index (κ1) is 15.8. The van der Waals surface area contributed by atoms with E-state index in [-0.39, 0.29) is 5.41 Å². The van der Waals surface area contributed by atoms with Crippen molar-refractivity contribution in [2.75, 3.05) is 18.6 Å². The van der Waals surface area contributed by atoms with Crippen LogP contribution in [0.15, 0.2) is 42.7 Å². The van der Waals surface area contributed by atoms with Crippen molar-refractivity contribution in [3.8, 4) is 11.3 Å². The highest BCUT2D eigenvalue weighted by molar-refractivity contribution is 5.66. The van der Waals surface area contributed by atoms with E-state index in [0.717, 1.165) is 30.1 Å². The molecule has 3 aromatic rings. The topological polar surface area (TPSA) is 55.6 Å². The summed E-state index contributed by atoms with van der Waals surface area (Å²) in [5, 5.41) is 4.42. The van der Waals surface area contributed by atoms with Crippen LogP contribution in [0.25, 0.3) is 17.0 Å². The van der Waals surface area contributed by atoms with Gasteiger partial charge in [0, 0.05) is 42.7 Å². The van der Waals surface area contributed by atoms with Gasteiger partial charge in [-0.3, -0.25) is 0 Å². The maximum atomic E-state index is 5.98. The zero-order valence-electron chi connectivity index (χ0n) is 15.3. The van der Waals surface area contributed by atoms with Crippen LogP contribution in [0.3, 0.4) is 0 Å². The van der Waals surface area contributed by atoms with Gasteiger partial charge in [-0.25, -0.2) is 4.98 Å². The summed E-state index contributed by atoms with van der Waals surface area (Å²) in [5.41, 5.74) is 2.12. The summed E-state index contributed by atoms with van der Waals surface area (Å²) in [6.45, 7) is 5.48. The summed E-state index contributed by atoms with van der Waals surface area (Å²) in [4.78, 5) is 11.4. The van der Waals surface area contributed by atoms with Gasteiger partial charge in [-0.1, -0.05) is 44.2 Å². The first-order valence-corrected chi connectivity index (χ1v) is 9.18. The largest absolute Gasteiger partial charge is 0.377 e. The second-order valence-corrected chi connectivity index (χ2v) is 7.96. The molecule has 1 saturated heterocycles. The standard InChI is InChI=1S/C20H23N5O/c1-20(2)17(14-9-10-26-18(14)20)24(3)16-11-15(13-7-5-4-6-8-13)23-19-21-12-22-25(16)19/h4-8,11-12,14,17-18H,9-10H2,1-3H3. The molecule has 0 N–H and O–H groups in total. The van der Waals surface area contributed by atoms with Gasteiger partial charge in [0.15, 0.2) is 0 Å². The molecule has 26 heavy (non-hydrogen) atoms. The van der Waals surface area contributed by atoms with Crippen molar-refractivity contribution in [2.45, 2.75) is 32.4 Å². The molecular weight excluding hydrogens is 326 g/mol. The van der Waals surface area contributed by atoms with Crippen molar-refractivity contribution in [1.82, 2.24) is 19.6 Å². The molecule has 1 saturated carbocycles. The second kappa shape index (κ2) is 5.51. The fourth-order valence-corrected chi connectivity index (χ4v) is 5.03. The Labute approximate surface area is 152 Å². The Bertz CT molecular complexity index is 951. The van der Waals surface area contributed by atoms with Gasteiger partial charge in [0.1, 0.15) is 12.1 Å². The van der Waals surface area contributed by atoms with Crippen molar-refractivity contribution in [3.05, 3.63) is 42.7 Å². The van der Waals surface area contributed by atoms with Crippen LogP contribution < -0.4 is 4.90 Å². The van der Waals surface area contributed by atoms with Crippen LogP contribution in [0.1, 0.15) is 20.3 Å². The second-order valence-electron chi connectivity index (χ2n) is 7.96. The molecular formula is C20H23N5O. The third-order valence-corrected chi connectivity index (χ3v) is 6.12. The molecule has 6 heteroatoms. The summed E-state index contributed by atoms with van der Waals surface area (Å²) < 4.78 is 7.81. The lowest BCUT2D eigenvalue weighted by Gasteiger charge is -2.58. The molecule has 0 bridgehead atoms. The molecule has 1 aliphatic heterocycles. The van der Waals surface area contributed by atoms with E-state index in [1.54, 1.807) is 6.33 Å². The Morgan fingerprint density at radius 2 is 2.04 bits per heavy atom. The van der Waals surface area contributed by atoms with E-state index in [1.165, 1.54) is 0 Å². The number of anilines is 1. The van der Waals surface area contributed by atoms with Crippen LogP contribution >= 0.6 is 0 Å². The van der Waals surface area contributed by atoms with Gasteiger partial charge in [0.05, 0.1) is 11.8 Å². The molecule has 3 heterocycles. The van der Waals surface area contributed by atoms with E-state index < -0.39 is 0 Å². The van der Waals surface area contributed by atoms with Gasteiger partial charge < -0.3 is 9.64 Å². The van der Waals surface area contributed by atoms with E-state index >= 15 is 0 Å². The van der Waals surface area contributed by atoms with E-state index in [0.29, 0.717) is 23.8 Å². The van der Waals surface area contributed by atoms with Crippen LogP contribution in [0.5, 0.6) is 0 Å². The average Bonchev–Trinajstić information content (AvgIpc) is 3.29. The number of ether oxygens (including phenoxy) is 1. The van der Waals surface area contributed by atoms with Gasteiger partial charge >= 0.3 is 0 Å². The van der Waals surface area contributed by atoms with Crippen molar-refractivity contribution in [1.29, 1.82) is 0 Å². The van der Waals surface area contributed by atoms with Gasteiger partial charge in [-0.2, -0.15) is 14.6 Å². The first-order valence-electron chi connectivity index (χ1n) is 9.18. The number of hydrogen-bond acceptors (Lipinski definition) is 5. The minimum Gasteiger partial charge on any atom is -0.377 e. The Morgan fingerprint density at radius 1 is 1.23 bits per heavy atom. The monoisotopic (exact) mass is 349 g/mol. The van der Waals surface area contributed by atoms with Crippen LogP contribution in [-0.4, -0.2) is 45.4 Å². The number of aromatic nitrogens is 4. The molecule has 3 atom stereocenters. The Kier molecular flexibility index (Phi) is 3.34. The molecule has 5 rings (SSSR count). The molecule has 3 unspecified atom stereocenters. The number of nitrogens with zero attached hydrogens (tertiary/aromatic N) is 5. The predicted octanol–water partition coefficient (Wildman–Crippen LogP) is 3.04. The summed E-state index contributed by atoms with van der Waals surface area (Å²) in [6.07, 6.45) is 3.05. The third kappa shape index (κ3) is 2.11. The SMILES string of the molecule is CN(c1cc(-c2ccccc2)nc2ncnn12)C1C2CCOC2C1(C)C. The highest BCUT2D eigenvalue weighted by atomic mass is 16.5. The minimum absolute atomic E-state index is 0.110. The highest BCUT2D eigenvalue weighted by Gasteiger charge is 2.61. The summed E-state index contributed by atoms with van der Waals surface area (Å²) in [6, 6.07) is 12.8. The number of hydrogen-bond donors (Lipinski definition) is 0. The summed E-state index contributed by atoms with van der Waals surface area (Å²) in [5.74, 6) is 2.22. The molecule has 134 valence electrons. The van der Waals surface area contributed by atoms with E-state index in [9.17, 15) is 0 Å². The third-order valence-electron chi connectivity index (χ3n) is 6.12. The van der Waals surface area contributed by atoms with E-state index in [1.807, 2.05) is 22.7 Å². The van der Waals surface area contributed by atoms with Crippen molar-refractivity contribution >= 4 is 11.6 Å². The molecule has 0 spiro atoms. The lowest BCUT2D eigenvalue weighted by molar-refractivity contribution is -0.101. The van der Waals surface area contributed by atoms with Crippen molar-refractivity contribution in [2.24, 2.45) is 11.3 Å². The number of fused-ring (bicyclic) bond motifs is 2. The maximum Gasteiger partial charge on any atom is 0.254 e. The minimum atomic E-state index is 0.110. The molecule has 0 radical (unpaired) electrons. The molecule has 2 fully saturated rings. The molecule has 6 nitrogen and oxygen atoms in total. The molecule has 1 aliphatic carbocycles. The summed E-state index contributed by atoms with van der Waals surface area (Å²) >= 11 is 0. The molecule has 2 aliphatic rings. The highest BCUT2D eigenvalue weighted by Crippen LogP contribution is 2.54. The smallest absolute Gasteiger partial charge is 0.254 e. The maximum absolute atomic E-state index is 5.98. The lowest BCUT2D eigenvalue weighted by atomic mass is 9.57. The van der Waals surface area contributed by atoms with Crippen LogP contribution in [0, 0.1) is 11.3 Å². The van der Waals surface area contributed by atoms with E-state index in [2.05, 4.69) is 54.1 Å². The first-order chi connectivity index (χ1) is 12.6. The fourth-order valence-electron chi connectivity index (χ4n) is 5.03. The average molecular weight is 349 g/mol. The Morgan fingerprint density at radius 3 is 2.85 bits per heavy atom. The van der Waals surface area contributed by atoms with Crippen LogP contribution in [-0.2, 0) is 4.74 Å². The Hall–Kier alpha value is -2.47. The predicted molar refractivity (Wildman–Crippen MR) is 100 cm³/mol. The van der Waals surface area contributed by atoms with Gasteiger partial charge in [-0.05, 0) is 6.42 Å². The van der Waals surface area contributed by atoms with Crippen LogP contribution in [0.4, 0.5) is 5.82 Å². The molecule has 2 aromatic heterocycles. The fraction of sp³-hybridized carbons (Fsp3) is 0.450. The van der Waals surface area contributed by atoms with Crippen molar-refractivity contribution in [3.63, 3.8) is 0 Å². The van der Waals surface area contributed by atoms with Gasteiger partial charge in [0.25, 0.3) is 5.78 Å². The lowest BCUT2D eigenvalue weighted by Crippen LogP contribution is -2.66. The Balaban J connectivity index is 1.61. The quantitative estimate of drug-likeness (QED) is 0.727. The van der Waals surface area contributed by atoms with Crippen LogP contribution in [0.2, 0.25) is 0 Å². The zero-order valence-corrected chi connectivity index (χ0v) is 15.3. The molecule has 0 amide bonds. The number of rotatable bonds is 3. The number of benzene rings is 1.